The molecule has 0 radical (unpaired) electrons. The van der Waals surface area contributed by atoms with Crippen molar-refractivity contribution < 1.29 is 9.59 Å². The van der Waals surface area contributed by atoms with E-state index in [1.54, 1.807) is 6.92 Å². The van der Waals surface area contributed by atoms with E-state index < -0.39 is 0 Å². The van der Waals surface area contributed by atoms with Crippen molar-refractivity contribution in [3.8, 4) is 11.1 Å². The van der Waals surface area contributed by atoms with Gasteiger partial charge in [0.25, 0.3) is 5.91 Å². The first-order valence-corrected chi connectivity index (χ1v) is 9.86. The summed E-state index contributed by atoms with van der Waals surface area (Å²) >= 11 is 0. The predicted octanol–water partition coefficient (Wildman–Crippen LogP) is 4.16. The molecule has 3 rings (SSSR count). The molecule has 27 heavy (non-hydrogen) atoms. The van der Waals surface area contributed by atoms with E-state index in [1.807, 2.05) is 48.5 Å². The van der Waals surface area contributed by atoms with Crippen LogP contribution in [0.4, 0.5) is 0 Å². The second-order valence-corrected chi connectivity index (χ2v) is 7.19. The van der Waals surface area contributed by atoms with E-state index in [9.17, 15) is 9.59 Å². The lowest BCUT2D eigenvalue weighted by molar-refractivity contribution is 0.0947. The van der Waals surface area contributed by atoms with Gasteiger partial charge >= 0.3 is 0 Å². The molecule has 0 aromatic heterocycles. The van der Waals surface area contributed by atoms with E-state index >= 15 is 0 Å². The molecule has 1 aliphatic rings. The van der Waals surface area contributed by atoms with Gasteiger partial charge in [-0.05, 0) is 56.1 Å². The Labute approximate surface area is 161 Å². The highest BCUT2D eigenvalue weighted by atomic mass is 16.1. The summed E-state index contributed by atoms with van der Waals surface area (Å²) in [6, 6.07) is 15.0. The first-order valence-electron chi connectivity index (χ1n) is 9.86. The van der Waals surface area contributed by atoms with Crippen LogP contribution >= 0.6 is 0 Å². The number of amides is 1. The van der Waals surface area contributed by atoms with Crippen LogP contribution in [0.3, 0.4) is 0 Å². The summed E-state index contributed by atoms with van der Waals surface area (Å²) in [4.78, 5) is 26.6. The maximum atomic E-state index is 12.4. The van der Waals surface area contributed by atoms with Crippen molar-refractivity contribution in [3.63, 3.8) is 0 Å². The molecule has 0 unspecified atom stereocenters. The summed E-state index contributed by atoms with van der Waals surface area (Å²) < 4.78 is 0. The number of rotatable bonds is 6. The lowest BCUT2D eigenvalue weighted by Gasteiger charge is -2.19. The van der Waals surface area contributed by atoms with E-state index in [0.717, 1.165) is 30.8 Å². The van der Waals surface area contributed by atoms with E-state index in [4.69, 9.17) is 0 Å². The number of hydrogen-bond acceptors (Lipinski definition) is 3. The number of carbonyl (C=O) groups excluding carboxylic acids is 2. The smallest absolute Gasteiger partial charge is 0.251 e. The molecule has 1 heterocycles. The lowest BCUT2D eigenvalue weighted by atomic mass is 9.97. The van der Waals surface area contributed by atoms with Gasteiger partial charge in [0.2, 0.25) is 0 Å². The third-order valence-corrected chi connectivity index (χ3v) is 5.18. The number of carbonyl (C=O) groups is 2. The van der Waals surface area contributed by atoms with E-state index in [1.165, 1.54) is 25.7 Å². The molecule has 2 aromatic carbocycles. The summed E-state index contributed by atoms with van der Waals surface area (Å²) in [6.07, 6.45) is 5.16. The molecule has 1 N–H and O–H groups in total. The van der Waals surface area contributed by atoms with Gasteiger partial charge in [-0.3, -0.25) is 9.59 Å². The van der Waals surface area contributed by atoms with Gasteiger partial charge in [0.1, 0.15) is 0 Å². The highest BCUT2D eigenvalue weighted by molar-refractivity contribution is 6.01. The predicted molar refractivity (Wildman–Crippen MR) is 109 cm³/mol. The molecule has 4 nitrogen and oxygen atoms in total. The van der Waals surface area contributed by atoms with Crippen molar-refractivity contribution >= 4 is 11.7 Å². The SMILES string of the molecule is CC(=O)c1ccccc1-c1ccc(C(=O)NCCN2CCCCCC2)cc1. The van der Waals surface area contributed by atoms with E-state index in [2.05, 4.69) is 10.2 Å². The summed E-state index contributed by atoms with van der Waals surface area (Å²) in [5, 5.41) is 3.02. The molecule has 4 heteroatoms. The minimum Gasteiger partial charge on any atom is -0.351 e. The first-order chi connectivity index (χ1) is 13.1. The highest BCUT2D eigenvalue weighted by Crippen LogP contribution is 2.24. The second-order valence-electron chi connectivity index (χ2n) is 7.19. The van der Waals surface area contributed by atoms with Gasteiger partial charge in [0.15, 0.2) is 5.78 Å². The van der Waals surface area contributed by atoms with Crippen molar-refractivity contribution in [2.24, 2.45) is 0 Å². The van der Waals surface area contributed by atoms with Gasteiger partial charge in [-0.1, -0.05) is 49.2 Å². The van der Waals surface area contributed by atoms with Crippen LogP contribution in [0.1, 0.15) is 53.3 Å². The van der Waals surface area contributed by atoms with Crippen molar-refractivity contribution in [1.82, 2.24) is 10.2 Å². The van der Waals surface area contributed by atoms with Crippen LogP contribution in [0.15, 0.2) is 48.5 Å². The van der Waals surface area contributed by atoms with Gasteiger partial charge in [0.05, 0.1) is 0 Å². The fourth-order valence-corrected chi connectivity index (χ4v) is 3.63. The average Bonchev–Trinajstić information content (AvgIpc) is 2.97. The van der Waals surface area contributed by atoms with Gasteiger partial charge in [-0.25, -0.2) is 0 Å². The Morgan fingerprint density at radius 2 is 1.59 bits per heavy atom. The minimum atomic E-state index is -0.0452. The molecule has 0 spiro atoms. The highest BCUT2D eigenvalue weighted by Gasteiger charge is 2.11. The van der Waals surface area contributed by atoms with Crippen LogP contribution in [-0.2, 0) is 0 Å². The monoisotopic (exact) mass is 364 g/mol. The third kappa shape index (κ3) is 5.27. The number of benzene rings is 2. The van der Waals surface area contributed by atoms with Crippen LogP contribution in [-0.4, -0.2) is 42.8 Å². The van der Waals surface area contributed by atoms with Gasteiger partial charge in [-0.15, -0.1) is 0 Å². The Hall–Kier alpha value is -2.46. The van der Waals surface area contributed by atoms with Gasteiger partial charge < -0.3 is 10.2 Å². The Kier molecular flexibility index (Phi) is 6.77. The van der Waals surface area contributed by atoms with E-state index in [-0.39, 0.29) is 11.7 Å². The number of nitrogens with zero attached hydrogens (tertiary/aromatic N) is 1. The Morgan fingerprint density at radius 3 is 2.26 bits per heavy atom. The number of Topliss-reactive ketones (excluding diaryl/α,β-unsaturated/α-hetero) is 1. The van der Waals surface area contributed by atoms with Crippen LogP contribution in [0.25, 0.3) is 11.1 Å². The van der Waals surface area contributed by atoms with Gasteiger partial charge in [-0.2, -0.15) is 0 Å². The largest absolute Gasteiger partial charge is 0.351 e. The zero-order chi connectivity index (χ0) is 19.1. The average molecular weight is 364 g/mol. The van der Waals surface area contributed by atoms with Gasteiger partial charge in [0, 0.05) is 24.2 Å². The minimum absolute atomic E-state index is 0.0425. The standard InChI is InChI=1S/C23H28N2O2/c1-18(26)21-8-4-5-9-22(21)19-10-12-20(13-11-19)23(27)24-14-17-25-15-6-2-3-7-16-25/h4-5,8-13H,2-3,6-7,14-17H2,1H3,(H,24,27). The molecule has 1 aliphatic heterocycles. The third-order valence-electron chi connectivity index (χ3n) is 5.18. The number of hydrogen-bond donors (Lipinski definition) is 1. The van der Waals surface area contributed by atoms with Crippen LogP contribution in [0.5, 0.6) is 0 Å². The first kappa shape index (κ1) is 19.3. The van der Waals surface area contributed by atoms with Crippen molar-refractivity contribution in [3.05, 3.63) is 59.7 Å². The summed E-state index contributed by atoms with van der Waals surface area (Å²) in [5.41, 5.74) is 3.20. The summed E-state index contributed by atoms with van der Waals surface area (Å²) in [5.74, 6) is -0.00263. The summed E-state index contributed by atoms with van der Waals surface area (Å²) in [6.45, 7) is 5.44. The fraction of sp³-hybridized carbons (Fsp3) is 0.391. The Bertz CT molecular complexity index is 775. The zero-order valence-electron chi connectivity index (χ0n) is 16.0. The lowest BCUT2D eigenvalue weighted by Crippen LogP contribution is -2.35. The number of likely N-dealkylation sites (tertiary alicyclic amines) is 1. The normalized spacial score (nSPS) is 15.1. The molecule has 0 saturated carbocycles. The Morgan fingerprint density at radius 1 is 0.926 bits per heavy atom. The molecule has 1 amide bonds. The zero-order valence-corrected chi connectivity index (χ0v) is 16.0. The summed E-state index contributed by atoms with van der Waals surface area (Å²) in [7, 11) is 0. The van der Waals surface area contributed by atoms with Crippen LogP contribution in [0, 0.1) is 0 Å². The molecule has 0 aliphatic carbocycles. The number of nitrogens with one attached hydrogen (secondary N) is 1. The quantitative estimate of drug-likeness (QED) is 0.783. The van der Waals surface area contributed by atoms with Crippen molar-refractivity contribution in [1.29, 1.82) is 0 Å². The molecule has 1 saturated heterocycles. The van der Waals surface area contributed by atoms with E-state index in [0.29, 0.717) is 17.7 Å². The van der Waals surface area contributed by atoms with Crippen LogP contribution < -0.4 is 5.32 Å². The molecule has 0 bridgehead atoms. The second kappa shape index (κ2) is 9.47. The topological polar surface area (TPSA) is 49.4 Å². The number of ketones is 1. The van der Waals surface area contributed by atoms with Crippen molar-refractivity contribution in [2.75, 3.05) is 26.2 Å². The van der Waals surface area contributed by atoms with Crippen LogP contribution in [0.2, 0.25) is 0 Å². The molecular formula is C23H28N2O2. The molecule has 1 fully saturated rings. The van der Waals surface area contributed by atoms with Crippen molar-refractivity contribution in [2.45, 2.75) is 32.6 Å². The molecule has 2 aromatic rings. The Balaban J connectivity index is 1.58. The molecule has 142 valence electrons. The molecular weight excluding hydrogens is 336 g/mol. The fourth-order valence-electron chi connectivity index (χ4n) is 3.63. The maximum Gasteiger partial charge on any atom is 0.251 e. The molecule has 0 atom stereocenters. The maximum absolute atomic E-state index is 12.4.